The molecule has 17 nitrogen and oxygen atoms in total. The van der Waals surface area contributed by atoms with Crippen LogP contribution in [0.5, 0.6) is 0 Å². The first-order valence-electron chi connectivity index (χ1n) is 17.2. The van der Waals surface area contributed by atoms with E-state index in [1.54, 1.807) is 26.5 Å². The van der Waals surface area contributed by atoms with Crippen molar-refractivity contribution in [3.8, 4) is 0 Å². The first-order valence-corrected chi connectivity index (χ1v) is 17.2. The van der Waals surface area contributed by atoms with E-state index in [1.165, 1.54) is 16.1 Å². The first-order chi connectivity index (χ1) is 25.4. The van der Waals surface area contributed by atoms with Gasteiger partial charge in [0.2, 0.25) is 23.6 Å². The normalized spacial score (nSPS) is 15.4. The molecule has 1 aliphatic rings. The molecule has 5 rings (SSSR count). The van der Waals surface area contributed by atoms with Gasteiger partial charge in [0, 0.05) is 75.4 Å². The number of para-hydroxylation sites is 1. The molecule has 6 amide bonds. The van der Waals surface area contributed by atoms with Gasteiger partial charge in [-0.15, -0.1) is 0 Å². The third-order valence-electron chi connectivity index (χ3n) is 9.15. The number of amides is 6. The fourth-order valence-electron chi connectivity index (χ4n) is 6.34. The standard InChI is InChI=1S/C36H46N12O5/c1-47(2)36(53)46-29(16-24-18-40-20-43-24)34(52)48-19-22-9-4-3-8-21(22)15-30(48)33(51)44-27(12-7-13-41-35(38)39)32(50)45-28(31(37)49)14-23-17-42-26-11-6-5-10-25(23)26/h3-6,8-11,17-18,20,27-30,42H,7,12-16,19H2,1-2H3,(H2,37,49)(H,40,43)(H,44,51)(H,45,50)(H,46,53)(H4,38,39,41)/t27-,28-,29-,30+/m0/s1. The molecule has 0 unspecified atom stereocenters. The SMILES string of the molecule is CN(C)C(=O)N[C@@H](Cc1cnc[nH]1)C(=O)N1Cc2ccccc2C[C@@H]1C(=O)N[C@@H](CCCN=C(N)N)C(=O)N[C@@H](Cc1c[nH]c2ccccc12)C(N)=O. The Kier molecular flexibility index (Phi) is 12.3. The Balaban J connectivity index is 1.40. The van der Waals surface area contributed by atoms with Gasteiger partial charge >= 0.3 is 6.03 Å². The molecular weight excluding hydrogens is 680 g/mol. The minimum absolute atomic E-state index is 0.0835. The van der Waals surface area contributed by atoms with Crippen LogP contribution in [0.1, 0.15) is 35.2 Å². The minimum Gasteiger partial charge on any atom is -0.370 e. The number of nitrogens with zero attached hydrogens (tertiary/aromatic N) is 4. The van der Waals surface area contributed by atoms with Crippen LogP contribution in [-0.4, -0.2) is 105 Å². The second-order valence-electron chi connectivity index (χ2n) is 13.2. The molecule has 17 heteroatoms. The van der Waals surface area contributed by atoms with Gasteiger partial charge in [-0.2, -0.15) is 0 Å². The smallest absolute Gasteiger partial charge is 0.317 e. The predicted molar refractivity (Wildman–Crippen MR) is 198 cm³/mol. The molecule has 0 fully saturated rings. The van der Waals surface area contributed by atoms with Gasteiger partial charge in [-0.1, -0.05) is 42.5 Å². The molecule has 1 aliphatic heterocycles. The van der Waals surface area contributed by atoms with Gasteiger partial charge in [-0.3, -0.25) is 24.2 Å². The maximum Gasteiger partial charge on any atom is 0.317 e. The van der Waals surface area contributed by atoms with E-state index in [1.807, 2.05) is 48.5 Å². The number of nitrogens with one attached hydrogen (secondary N) is 5. The highest BCUT2D eigenvalue weighted by molar-refractivity contribution is 5.96. The summed E-state index contributed by atoms with van der Waals surface area (Å²) in [4.78, 5) is 84.9. The second kappa shape index (κ2) is 17.2. The van der Waals surface area contributed by atoms with Crippen LogP contribution in [0.15, 0.2) is 72.2 Å². The van der Waals surface area contributed by atoms with E-state index in [9.17, 15) is 24.0 Å². The molecule has 2 aromatic heterocycles. The summed E-state index contributed by atoms with van der Waals surface area (Å²) in [6.07, 6.45) is 5.54. The van der Waals surface area contributed by atoms with Gasteiger partial charge < -0.3 is 52.9 Å². The van der Waals surface area contributed by atoms with Gasteiger partial charge in [0.1, 0.15) is 24.2 Å². The molecule has 53 heavy (non-hydrogen) atoms. The Hall–Kier alpha value is -6.39. The Labute approximate surface area is 306 Å². The van der Waals surface area contributed by atoms with Gasteiger partial charge in [0.25, 0.3) is 0 Å². The number of aromatic amines is 2. The molecule has 280 valence electrons. The molecule has 0 saturated carbocycles. The van der Waals surface area contributed by atoms with Crippen molar-refractivity contribution in [2.45, 2.75) is 62.8 Å². The zero-order chi connectivity index (χ0) is 38.1. The number of primary amides is 1. The topological polar surface area (TPSA) is 263 Å². The zero-order valence-corrected chi connectivity index (χ0v) is 29.7. The number of benzene rings is 2. The van der Waals surface area contributed by atoms with Crippen LogP contribution in [0.2, 0.25) is 0 Å². The average molecular weight is 727 g/mol. The number of imidazole rings is 1. The number of fused-ring (bicyclic) bond motifs is 2. The van der Waals surface area contributed by atoms with E-state index in [0.29, 0.717) is 12.1 Å². The number of nitrogens with two attached hydrogens (primary N) is 3. The zero-order valence-electron chi connectivity index (χ0n) is 29.7. The van der Waals surface area contributed by atoms with Crippen molar-refractivity contribution in [2.75, 3.05) is 20.6 Å². The van der Waals surface area contributed by atoms with Gasteiger partial charge in [0.05, 0.1) is 6.33 Å². The monoisotopic (exact) mass is 726 g/mol. The van der Waals surface area contributed by atoms with Crippen LogP contribution >= 0.6 is 0 Å². The number of urea groups is 1. The molecule has 2 aromatic carbocycles. The van der Waals surface area contributed by atoms with Gasteiger partial charge in [-0.25, -0.2) is 9.78 Å². The highest BCUT2D eigenvalue weighted by Crippen LogP contribution is 2.25. The lowest BCUT2D eigenvalue weighted by molar-refractivity contribution is -0.144. The second-order valence-corrected chi connectivity index (χ2v) is 13.2. The fraction of sp³-hybridized carbons (Fsp3) is 0.361. The van der Waals surface area contributed by atoms with Crippen molar-refractivity contribution < 1.29 is 24.0 Å². The quantitative estimate of drug-likeness (QED) is 0.0460. The first kappa shape index (κ1) is 37.9. The number of guanidine groups is 1. The summed E-state index contributed by atoms with van der Waals surface area (Å²) >= 11 is 0. The van der Waals surface area contributed by atoms with E-state index in [0.717, 1.165) is 27.6 Å². The third-order valence-corrected chi connectivity index (χ3v) is 9.15. The maximum absolute atomic E-state index is 14.4. The minimum atomic E-state index is -1.15. The number of H-pyrrole nitrogens is 2. The molecule has 3 heterocycles. The number of rotatable bonds is 15. The fourth-order valence-corrected chi connectivity index (χ4v) is 6.34. The van der Waals surface area contributed by atoms with E-state index in [-0.39, 0.29) is 44.7 Å². The molecule has 4 atom stereocenters. The van der Waals surface area contributed by atoms with Gasteiger partial charge in [-0.05, 0) is 35.6 Å². The Bertz CT molecular complexity index is 1950. The molecule has 0 saturated heterocycles. The van der Waals surface area contributed by atoms with E-state index >= 15 is 0 Å². The third kappa shape index (κ3) is 9.69. The lowest BCUT2D eigenvalue weighted by Crippen LogP contribution is -2.61. The molecule has 0 bridgehead atoms. The van der Waals surface area contributed by atoms with Crippen molar-refractivity contribution in [1.82, 2.24) is 40.7 Å². The Morgan fingerprint density at radius 2 is 1.66 bits per heavy atom. The maximum atomic E-state index is 14.4. The van der Waals surface area contributed by atoms with Crippen LogP contribution in [0, 0.1) is 0 Å². The Morgan fingerprint density at radius 1 is 0.925 bits per heavy atom. The molecule has 0 spiro atoms. The lowest BCUT2D eigenvalue weighted by Gasteiger charge is -2.38. The summed E-state index contributed by atoms with van der Waals surface area (Å²) in [7, 11) is 3.12. The highest BCUT2D eigenvalue weighted by Gasteiger charge is 2.39. The van der Waals surface area contributed by atoms with Crippen molar-refractivity contribution in [1.29, 1.82) is 0 Å². The molecular formula is C36H46N12O5. The number of hydrogen-bond donors (Lipinski definition) is 8. The van der Waals surface area contributed by atoms with Crippen molar-refractivity contribution >= 4 is 46.5 Å². The summed E-state index contributed by atoms with van der Waals surface area (Å²) in [5, 5.41) is 9.23. The summed E-state index contributed by atoms with van der Waals surface area (Å²) in [6, 6.07) is 10.2. The number of hydrogen-bond acceptors (Lipinski definition) is 7. The van der Waals surface area contributed by atoms with Crippen LogP contribution in [0.4, 0.5) is 4.79 Å². The largest absolute Gasteiger partial charge is 0.370 e. The van der Waals surface area contributed by atoms with E-state index in [4.69, 9.17) is 17.2 Å². The summed E-state index contributed by atoms with van der Waals surface area (Å²) in [5.74, 6) is -2.61. The number of carbonyl (C=O) groups is 5. The van der Waals surface area contributed by atoms with Crippen LogP contribution in [-0.2, 0) is 45.0 Å². The van der Waals surface area contributed by atoms with E-state index in [2.05, 4.69) is 35.9 Å². The van der Waals surface area contributed by atoms with Crippen molar-refractivity contribution in [3.63, 3.8) is 0 Å². The predicted octanol–water partition coefficient (Wildman–Crippen LogP) is -0.222. The number of aliphatic imine (C=N–C) groups is 1. The highest BCUT2D eigenvalue weighted by atomic mass is 16.2. The van der Waals surface area contributed by atoms with E-state index < -0.39 is 53.8 Å². The molecule has 0 radical (unpaired) electrons. The van der Waals surface area contributed by atoms with Crippen LogP contribution in [0.25, 0.3) is 10.9 Å². The van der Waals surface area contributed by atoms with Crippen LogP contribution in [0.3, 0.4) is 0 Å². The number of aromatic nitrogens is 3. The lowest BCUT2D eigenvalue weighted by atomic mass is 9.92. The van der Waals surface area contributed by atoms with Crippen LogP contribution < -0.4 is 33.2 Å². The average Bonchev–Trinajstić information content (AvgIpc) is 3.81. The number of carbonyl (C=O) groups excluding carboxylic acids is 5. The summed E-state index contributed by atoms with van der Waals surface area (Å²) < 4.78 is 0. The van der Waals surface area contributed by atoms with Gasteiger partial charge in [0.15, 0.2) is 5.96 Å². The Morgan fingerprint density at radius 3 is 2.36 bits per heavy atom. The summed E-state index contributed by atoms with van der Waals surface area (Å²) in [6.45, 7) is 0.263. The van der Waals surface area contributed by atoms with Crippen molar-refractivity contribution in [2.24, 2.45) is 22.2 Å². The molecule has 0 aliphatic carbocycles. The molecule has 4 aromatic rings. The summed E-state index contributed by atoms with van der Waals surface area (Å²) in [5.41, 5.74) is 20.7. The van der Waals surface area contributed by atoms with Crippen molar-refractivity contribution in [3.05, 3.63) is 89.6 Å². The molecule has 11 N–H and O–H groups in total.